The lowest BCUT2D eigenvalue weighted by molar-refractivity contribution is -0.232. The maximum Gasteiger partial charge on any atom is 0.262 e. The summed E-state index contributed by atoms with van der Waals surface area (Å²) < 4.78 is 30.6. The van der Waals surface area contributed by atoms with Crippen LogP contribution in [0.4, 0.5) is 0 Å². The highest BCUT2D eigenvalue weighted by molar-refractivity contribution is 9.10. The Balaban J connectivity index is 1.47. The fraction of sp³-hybridized carbons (Fsp3) is 0.571. The number of aromatic nitrogens is 1. The van der Waals surface area contributed by atoms with Gasteiger partial charge in [-0.25, -0.2) is 4.98 Å². The van der Waals surface area contributed by atoms with Gasteiger partial charge in [0.2, 0.25) is 0 Å². The van der Waals surface area contributed by atoms with E-state index in [4.69, 9.17) is 23.7 Å². The standard InChI is InChI=1S/C21H24BrN3O6/c1-20(2)28-15-13(27-19-17(16(15)29-20)30-21(3,4)31-19)10-24-18(26)11(9-23)8-12-6-5-7-14(22)25-12/h5-8,13,15-17,19H,10H2,1-4H3,(H,24,26)/t13-,15+,16?,17-,19-/m1/s1. The van der Waals surface area contributed by atoms with Crippen molar-refractivity contribution in [3.05, 3.63) is 34.1 Å². The van der Waals surface area contributed by atoms with E-state index in [9.17, 15) is 10.1 Å². The van der Waals surface area contributed by atoms with E-state index in [1.165, 1.54) is 6.08 Å². The topological polar surface area (TPSA) is 112 Å². The molecule has 4 heterocycles. The van der Waals surface area contributed by atoms with E-state index in [1.54, 1.807) is 32.0 Å². The lowest BCUT2D eigenvalue weighted by Gasteiger charge is -2.37. The van der Waals surface area contributed by atoms with Gasteiger partial charge in [-0.3, -0.25) is 4.79 Å². The Bertz CT molecular complexity index is 943. The molecule has 4 rings (SSSR count). The van der Waals surface area contributed by atoms with Gasteiger partial charge in [-0.15, -0.1) is 0 Å². The van der Waals surface area contributed by atoms with Gasteiger partial charge in [-0.2, -0.15) is 5.26 Å². The molecule has 0 bridgehead atoms. The van der Waals surface area contributed by atoms with Crippen LogP contribution in [0.5, 0.6) is 0 Å². The van der Waals surface area contributed by atoms with Crippen molar-refractivity contribution in [3.63, 3.8) is 0 Å². The Labute approximate surface area is 188 Å². The van der Waals surface area contributed by atoms with Crippen molar-refractivity contribution in [2.75, 3.05) is 6.54 Å². The molecular weight excluding hydrogens is 470 g/mol. The van der Waals surface area contributed by atoms with Crippen molar-refractivity contribution in [1.29, 1.82) is 5.26 Å². The van der Waals surface area contributed by atoms with Crippen LogP contribution in [0.1, 0.15) is 33.4 Å². The van der Waals surface area contributed by atoms with Crippen molar-refractivity contribution in [2.24, 2.45) is 0 Å². The van der Waals surface area contributed by atoms with Crippen molar-refractivity contribution >= 4 is 27.9 Å². The number of pyridine rings is 1. The molecule has 3 aliphatic heterocycles. The van der Waals surface area contributed by atoms with Crippen molar-refractivity contribution in [1.82, 2.24) is 10.3 Å². The molecule has 31 heavy (non-hydrogen) atoms. The van der Waals surface area contributed by atoms with Gasteiger partial charge in [0.05, 0.1) is 5.69 Å². The van der Waals surface area contributed by atoms with E-state index in [1.807, 2.05) is 19.9 Å². The summed E-state index contributed by atoms with van der Waals surface area (Å²) in [6.45, 7) is 7.36. The van der Waals surface area contributed by atoms with Crippen LogP contribution in [0, 0.1) is 11.3 Å². The molecule has 9 nitrogen and oxygen atoms in total. The molecule has 3 saturated heterocycles. The van der Waals surface area contributed by atoms with Gasteiger partial charge in [0, 0.05) is 6.54 Å². The van der Waals surface area contributed by atoms with E-state index < -0.39 is 48.2 Å². The minimum absolute atomic E-state index is 0.0682. The fourth-order valence-corrected chi connectivity index (χ4v) is 4.30. The molecule has 10 heteroatoms. The summed E-state index contributed by atoms with van der Waals surface area (Å²) in [6, 6.07) is 7.15. The van der Waals surface area contributed by atoms with Crippen LogP contribution in [-0.2, 0) is 28.5 Å². The van der Waals surface area contributed by atoms with Gasteiger partial charge >= 0.3 is 0 Å². The van der Waals surface area contributed by atoms with Crippen LogP contribution in [-0.4, -0.2) is 59.7 Å². The lowest BCUT2D eigenvalue weighted by atomic mass is 9.99. The first-order valence-electron chi connectivity index (χ1n) is 9.96. The zero-order valence-electron chi connectivity index (χ0n) is 17.6. The summed E-state index contributed by atoms with van der Waals surface area (Å²) in [5.74, 6) is -2.17. The third-order valence-corrected chi connectivity index (χ3v) is 5.55. The molecule has 0 spiro atoms. The number of ether oxygens (including phenoxy) is 5. The third kappa shape index (κ3) is 4.82. The number of rotatable bonds is 4. The van der Waals surface area contributed by atoms with E-state index in [0.29, 0.717) is 10.3 Å². The largest absolute Gasteiger partial charge is 0.349 e. The van der Waals surface area contributed by atoms with Gasteiger partial charge < -0.3 is 29.0 Å². The molecule has 1 N–H and O–H groups in total. The average Bonchev–Trinajstić information content (AvgIpc) is 3.18. The van der Waals surface area contributed by atoms with Crippen molar-refractivity contribution in [2.45, 2.75) is 70.0 Å². The minimum Gasteiger partial charge on any atom is -0.349 e. The predicted octanol–water partition coefficient (Wildman–Crippen LogP) is 2.26. The number of nitrogens with zero attached hydrogens (tertiary/aromatic N) is 2. The van der Waals surface area contributed by atoms with E-state index in [2.05, 4.69) is 26.2 Å². The monoisotopic (exact) mass is 493 g/mol. The predicted molar refractivity (Wildman–Crippen MR) is 111 cm³/mol. The third-order valence-electron chi connectivity index (χ3n) is 5.11. The number of hydrogen-bond donors (Lipinski definition) is 1. The maximum atomic E-state index is 12.6. The van der Waals surface area contributed by atoms with Crippen molar-refractivity contribution in [3.8, 4) is 6.07 Å². The first-order chi connectivity index (χ1) is 14.6. The molecule has 0 radical (unpaired) electrons. The highest BCUT2D eigenvalue weighted by Gasteiger charge is 2.60. The zero-order valence-corrected chi connectivity index (χ0v) is 19.2. The Morgan fingerprint density at radius 2 is 1.84 bits per heavy atom. The van der Waals surface area contributed by atoms with Crippen LogP contribution in [0.3, 0.4) is 0 Å². The second-order valence-corrected chi connectivity index (χ2v) is 9.29. The molecule has 1 amide bonds. The van der Waals surface area contributed by atoms with E-state index in [-0.39, 0.29) is 12.1 Å². The van der Waals surface area contributed by atoms with Crippen LogP contribution in [0.15, 0.2) is 28.4 Å². The number of carbonyl (C=O) groups is 1. The van der Waals surface area contributed by atoms with E-state index >= 15 is 0 Å². The Kier molecular flexibility index (Phi) is 5.93. The summed E-state index contributed by atoms with van der Waals surface area (Å²) >= 11 is 3.27. The first-order valence-corrected chi connectivity index (χ1v) is 10.8. The second-order valence-electron chi connectivity index (χ2n) is 8.47. The molecule has 5 atom stereocenters. The lowest BCUT2D eigenvalue weighted by Crippen LogP contribution is -2.57. The number of fused-ring (bicyclic) bond motifs is 3. The number of carbonyl (C=O) groups excluding carboxylic acids is 1. The van der Waals surface area contributed by atoms with Gasteiger partial charge in [-0.05, 0) is 61.8 Å². The van der Waals surface area contributed by atoms with Gasteiger partial charge in [0.25, 0.3) is 5.91 Å². The summed E-state index contributed by atoms with van der Waals surface area (Å²) in [6.07, 6.45) is -1.07. The number of nitriles is 1. The number of nitrogens with one attached hydrogen (secondary N) is 1. The smallest absolute Gasteiger partial charge is 0.262 e. The number of hydrogen-bond acceptors (Lipinski definition) is 8. The zero-order chi connectivity index (χ0) is 22.4. The van der Waals surface area contributed by atoms with Crippen LogP contribution in [0.25, 0.3) is 6.08 Å². The molecule has 1 unspecified atom stereocenters. The van der Waals surface area contributed by atoms with Gasteiger partial charge in [0.1, 0.15) is 40.7 Å². The first kappa shape index (κ1) is 22.3. The molecule has 0 aliphatic carbocycles. The van der Waals surface area contributed by atoms with Crippen LogP contribution < -0.4 is 5.32 Å². The molecule has 0 saturated carbocycles. The quantitative estimate of drug-likeness (QED) is 0.386. The van der Waals surface area contributed by atoms with Gasteiger partial charge in [0.15, 0.2) is 17.9 Å². The second kappa shape index (κ2) is 8.24. The van der Waals surface area contributed by atoms with Crippen molar-refractivity contribution < 1.29 is 28.5 Å². The molecule has 1 aromatic heterocycles. The molecule has 3 fully saturated rings. The number of amides is 1. The molecule has 1 aromatic rings. The Morgan fingerprint density at radius 1 is 1.16 bits per heavy atom. The molecule has 0 aromatic carbocycles. The SMILES string of the molecule is CC1(C)O[C@H]2O[C@H](CNC(=O)C(C#N)=Cc3cccc(Br)n3)[C@@H]3OC(C)(C)OC3[C@H]2O1. The van der Waals surface area contributed by atoms with Crippen LogP contribution >= 0.6 is 15.9 Å². The highest BCUT2D eigenvalue weighted by atomic mass is 79.9. The van der Waals surface area contributed by atoms with Gasteiger partial charge in [-0.1, -0.05) is 6.07 Å². The Hall–Kier alpha value is -1.87. The summed E-state index contributed by atoms with van der Waals surface area (Å²) in [5, 5.41) is 12.2. The average molecular weight is 494 g/mol. The minimum atomic E-state index is -0.823. The molecule has 3 aliphatic rings. The van der Waals surface area contributed by atoms with Crippen LogP contribution in [0.2, 0.25) is 0 Å². The molecular formula is C21H24BrN3O6. The number of halogens is 1. The fourth-order valence-electron chi connectivity index (χ4n) is 3.95. The molecule has 166 valence electrons. The summed E-state index contributed by atoms with van der Waals surface area (Å²) in [5.41, 5.74) is 0.423. The summed E-state index contributed by atoms with van der Waals surface area (Å²) in [4.78, 5) is 16.9. The summed E-state index contributed by atoms with van der Waals surface area (Å²) in [7, 11) is 0. The highest BCUT2D eigenvalue weighted by Crippen LogP contribution is 2.43. The Morgan fingerprint density at radius 3 is 2.55 bits per heavy atom. The maximum absolute atomic E-state index is 12.6. The van der Waals surface area contributed by atoms with E-state index in [0.717, 1.165) is 0 Å². The normalized spacial score (nSPS) is 33.3.